The van der Waals surface area contributed by atoms with E-state index in [4.69, 9.17) is 0 Å². The summed E-state index contributed by atoms with van der Waals surface area (Å²) in [5.41, 5.74) is 3.44. The molecule has 2 aliphatic rings. The van der Waals surface area contributed by atoms with E-state index < -0.39 is 17.5 Å². The van der Waals surface area contributed by atoms with Gasteiger partial charge in [0.05, 0.1) is 11.4 Å². The van der Waals surface area contributed by atoms with Crippen molar-refractivity contribution in [1.29, 1.82) is 0 Å². The highest BCUT2D eigenvalue weighted by Gasteiger charge is 2.54. The summed E-state index contributed by atoms with van der Waals surface area (Å²) in [5.74, 6) is -0.364. The lowest BCUT2D eigenvalue weighted by Crippen LogP contribution is -2.47. The van der Waals surface area contributed by atoms with Crippen molar-refractivity contribution >= 4 is 23.7 Å². The standard InChI is InChI=1S/C25H25N5O3/c1-16-9-11-19(12-10-16)30-21(14-17(2)28-30)26-22(31)15-29-23(32)25(27-24(29)33)13-5-7-18-6-3-4-8-20(18)25/h3-4,6,8-12,14H,5,7,13,15H2,1-2H3,(H,26,31)(H,27,33). The Balaban J connectivity index is 1.36. The predicted octanol–water partition coefficient (Wildman–Crippen LogP) is 3.21. The summed E-state index contributed by atoms with van der Waals surface area (Å²) in [6, 6.07) is 16.6. The largest absolute Gasteiger partial charge is 0.325 e. The molecule has 1 spiro atoms. The molecule has 0 radical (unpaired) electrons. The zero-order valence-electron chi connectivity index (χ0n) is 18.6. The Morgan fingerprint density at radius 1 is 1.12 bits per heavy atom. The van der Waals surface area contributed by atoms with Gasteiger partial charge < -0.3 is 10.6 Å². The minimum absolute atomic E-state index is 0.368. The third-order valence-electron chi connectivity index (χ3n) is 6.33. The molecule has 33 heavy (non-hydrogen) atoms. The Labute approximate surface area is 191 Å². The molecule has 2 N–H and O–H groups in total. The number of amides is 4. The smallest absolute Gasteiger partial charge is 0.319 e. The van der Waals surface area contributed by atoms with Crippen molar-refractivity contribution in [2.24, 2.45) is 0 Å². The molecule has 1 unspecified atom stereocenters. The highest BCUT2D eigenvalue weighted by molar-refractivity contribution is 6.10. The van der Waals surface area contributed by atoms with Crippen molar-refractivity contribution in [2.45, 2.75) is 38.6 Å². The molecule has 2 heterocycles. The summed E-state index contributed by atoms with van der Waals surface area (Å²) in [6.45, 7) is 3.46. The lowest BCUT2D eigenvalue weighted by atomic mass is 9.76. The van der Waals surface area contributed by atoms with Crippen LogP contribution >= 0.6 is 0 Å². The number of rotatable bonds is 4. The fourth-order valence-electron chi connectivity index (χ4n) is 4.75. The van der Waals surface area contributed by atoms with Gasteiger partial charge in [0, 0.05) is 6.07 Å². The van der Waals surface area contributed by atoms with Gasteiger partial charge in [-0.3, -0.25) is 14.5 Å². The molecule has 168 valence electrons. The first-order valence-corrected chi connectivity index (χ1v) is 11.0. The first-order chi connectivity index (χ1) is 15.9. The van der Waals surface area contributed by atoms with Crippen LogP contribution in [0.3, 0.4) is 0 Å². The lowest BCUT2D eigenvalue weighted by molar-refractivity contribution is -0.134. The predicted molar refractivity (Wildman–Crippen MR) is 123 cm³/mol. The number of aromatic nitrogens is 2. The fraction of sp³-hybridized carbons (Fsp3) is 0.280. The van der Waals surface area contributed by atoms with Crippen LogP contribution in [0.25, 0.3) is 5.69 Å². The number of urea groups is 1. The second-order valence-electron chi connectivity index (χ2n) is 8.70. The van der Waals surface area contributed by atoms with E-state index in [2.05, 4.69) is 15.7 Å². The van der Waals surface area contributed by atoms with Crippen molar-refractivity contribution in [3.05, 3.63) is 77.0 Å². The van der Waals surface area contributed by atoms with E-state index in [-0.39, 0.29) is 12.5 Å². The Morgan fingerprint density at radius 2 is 1.88 bits per heavy atom. The molecule has 1 aliphatic carbocycles. The van der Waals surface area contributed by atoms with Gasteiger partial charge in [-0.05, 0) is 56.4 Å². The molecule has 4 amide bonds. The normalized spacial score (nSPS) is 19.5. The maximum atomic E-state index is 13.4. The Bertz CT molecular complexity index is 1260. The number of hydrogen-bond donors (Lipinski definition) is 2. The Morgan fingerprint density at radius 3 is 2.67 bits per heavy atom. The number of benzene rings is 2. The van der Waals surface area contributed by atoms with Crippen molar-refractivity contribution < 1.29 is 14.4 Å². The maximum absolute atomic E-state index is 13.4. The Hall–Kier alpha value is -3.94. The van der Waals surface area contributed by atoms with Crippen LogP contribution < -0.4 is 10.6 Å². The van der Waals surface area contributed by atoms with Crippen LogP contribution in [0.1, 0.15) is 35.2 Å². The van der Waals surface area contributed by atoms with E-state index in [0.717, 1.165) is 45.8 Å². The van der Waals surface area contributed by atoms with Gasteiger partial charge in [-0.2, -0.15) is 5.10 Å². The van der Waals surface area contributed by atoms with Crippen LogP contribution in [0.5, 0.6) is 0 Å². The molecule has 2 aromatic carbocycles. The topological polar surface area (TPSA) is 96.3 Å². The number of anilines is 1. The van der Waals surface area contributed by atoms with Crippen molar-refractivity contribution in [3.63, 3.8) is 0 Å². The summed E-state index contributed by atoms with van der Waals surface area (Å²) in [6.07, 6.45) is 2.17. The van der Waals surface area contributed by atoms with Crippen molar-refractivity contribution in [3.8, 4) is 5.69 Å². The minimum Gasteiger partial charge on any atom is -0.319 e. The molecular weight excluding hydrogens is 418 g/mol. The zero-order chi connectivity index (χ0) is 23.2. The molecule has 0 bridgehead atoms. The van der Waals surface area contributed by atoms with Gasteiger partial charge in [-0.25, -0.2) is 9.48 Å². The van der Waals surface area contributed by atoms with Crippen molar-refractivity contribution in [2.75, 3.05) is 11.9 Å². The molecule has 3 aromatic rings. The summed E-state index contributed by atoms with van der Waals surface area (Å²) < 4.78 is 1.64. The molecule has 8 heteroatoms. The van der Waals surface area contributed by atoms with E-state index in [9.17, 15) is 14.4 Å². The summed E-state index contributed by atoms with van der Waals surface area (Å²) in [4.78, 5) is 40.1. The van der Waals surface area contributed by atoms with Crippen LogP contribution in [0.2, 0.25) is 0 Å². The average Bonchev–Trinajstić information content (AvgIpc) is 3.27. The SMILES string of the molecule is Cc1ccc(-n2nc(C)cc2NC(=O)CN2C(=O)NC3(CCCc4ccccc43)C2=O)cc1. The van der Waals surface area contributed by atoms with E-state index in [1.165, 1.54) is 0 Å². The summed E-state index contributed by atoms with van der Waals surface area (Å²) in [5, 5.41) is 10.2. The number of nitrogens with one attached hydrogen (secondary N) is 2. The monoisotopic (exact) mass is 443 g/mol. The van der Waals surface area contributed by atoms with Gasteiger partial charge >= 0.3 is 6.03 Å². The maximum Gasteiger partial charge on any atom is 0.325 e. The van der Waals surface area contributed by atoms with E-state index in [1.54, 1.807) is 10.7 Å². The number of nitrogens with zero attached hydrogens (tertiary/aromatic N) is 3. The van der Waals surface area contributed by atoms with Gasteiger partial charge in [-0.1, -0.05) is 42.0 Å². The van der Waals surface area contributed by atoms with Gasteiger partial charge in [0.2, 0.25) is 5.91 Å². The highest BCUT2D eigenvalue weighted by Crippen LogP contribution is 2.39. The second kappa shape index (κ2) is 7.88. The number of imide groups is 1. The fourth-order valence-corrected chi connectivity index (χ4v) is 4.75. The van der Waals surface area contributed by atoms with Gasteiger partial charge in [0.25, 0.3) is 5.91 Å². The third kappa shape index (κ3) is 3.57. The number of hydrogen-bond acceptors (Lipinski definition) is 4. The molecule has 1 aliphatic heterocycles. The summed E-state index contributed by atoms with van der Waals surface area (Å²) >= 11 is 0. The number of carbonyl (C=O) groups excluding carboxylic acids is 3. The van der Waals surface area contributed by atoms with Crippen LogP contribution in [-0.4, -0.2) is 39.1 Å². The zero-order valence-corrected chi connectivity index (χ0v) is 18.6. The molecule has 8 nitrogen and oxygen atoms in total. The summed E-state index contributed by atoms with van der Waals surface area (Å²) in [7, 11) is 0. The lowest BCUT2D eigenvalue weighted by Gasteiger charge is -2.33. The van der Waals surface area contributed by atoms with Gasteiger partial charge in [0.15, 0.2) is 0 Å². The number of aryl methyl sites for hydroxylation is 3. The molecule has 0 saturated carbocycles. The first-order valence-electron chi connectivity index (χ1n) is 11.0. The van der Waals surface area contributed by atoms with E-state index in [0.29, 0.717) is 12.2 Å². The first kappa shape index (κ1) is 20.9. The highest BCUT2D eigenvalue weighted by atomic mass is 16.2. The van der Waals surface area contributed by atoms with Crippen LogP contribution in [0.15, 0.2) is 54.6 Å². The van der Waals surface area contributed by atoms with Gasteiger partial charge in [0.1, 0.15) is 17.9 Å². The molecule has 1 atom stereocenters. The van der Waals surface area contributed by atoms with Crippen LogP contribution in [0.4, 0.5) is 10.6 Å². The second-order valence-corrected chi connectivity index (χ2v) is 8.70. The molecule has 1 saturated heterocycles. The molecular formula is C25H25N5O3. The Kier molecular flexibility index (Phi) is 5.00. The molecule has 1 fully saturated rings. The van der Waals surface area contributed by atoms with Gasteiger partial charge in [-0.15, -0.1) is 0 Å². The van der Waals surface area contributed by atoms with Crippen LogP contribution in [0, 0.1) is 13.8 Å². The minimum atomic E-state index is -1.09. The molecule has 5 rings (SSSR count). The number of carbonyl (C=O) groups is 3. The average molecular weight is 444 g/mol. The quantitative estimate of drug-likeness (QED) is 0.605. The van der Waals surface area contributed by atoms with Crippen molar-refractivity contribution in [1.82, 2.24) is 20.0 Å². The molecule has 1 aromatic heterocycles. The van der Waals surface area contributed by atoms with E-state index >= 15 is 0 Å². The van der Waals surface area contributed by atoms with Crippen LogP contribution in [-0.2, 0) is 21.5 Å². The van der Waals surface area contributed by atoms with E-state index in [1.807, 2.05) is 62.4 Å². The number of fused-ring (bicyclic) bond motifs is 2. The third-order valence-corrected chi connectivity index (χ3v) is 6.33.